The van der Waals surface area contributed by atoms with Crippen LogP contribution in [0.1, 0.15) is 22.3 Å². The van der Waals surface area contributed by atoms with Crippen LogP contribution in [0.5, 0.6) is 5.88 Å². The van der Waals surface area contributed by atoms with Crippen molar-refractivity contribution >= 4 is 11.9 Å². The molecule has 0 aliphatic carbocycles. The second-order valence-electron chi connectivity index (χ2n) is 4.78. The van der Waals surface area contributed by atoms with Crippen LogP contribution >= 0.6 is 0 Å². The van der Waals surface area contributed by atoms with Gasteiger partial charge in [0.05, 0.1) is 23.0 Å². The molecule has 0 aliphatic rings. The van der Waals surface area contributed by atoms with E-state index in [0.717, 1.165) is 18.3 Å². The summed E-state index contributed by atoms with van der Waals surface area (Å²) < 4.78 is 37.9. The van der Waals surface area contributed by atoms with Gasteiger partial charge in [0.25, 0.3) is 5.56 Å². The number of aromatic amines is 1. The fourth-order valence-corrected chi connectivity index (χ4v) is 1.95. The van der Waals surface area contributed by atoms with E-state index in [1.54, 1.807) is 6.07 Å². The molecule has 0 spiro atoms. The molecule has 2 aromatic rings. The van der Waals surface area contributed by atoms with Crippen molar-refractivity contribution in [3.63, 3.8) is 0 Å². The van der Waals surface area contributed by atoms with Gasteiger partial charge in [-0.05, 0) is 30.7 Å². The quantitative estimate of drug-likeness (QED) is 0.592. The topological polar surface area (TPSA) is 101 Å². The number of anilines is 1. The number of hydrogen-bond donors (Lipinski definition) is 3. The third-order valence-electron chi connectivity index (χ3n) is 3.18. The molecule has 6 nitrogen and oxygen atoms in total. The maximum absolute atomic E-state index is 12.6. The van der Waals surface area contributed by atoms with E-state index in [-0.39, 0.29) is 22.4 Å². The molecular formula is C15H11F3N4O2. The van der Waals surface area contributed by atoms with E-state index in [4.69, 9.17) is 5.26 Å². The number of halogens is 3. The average Bonchev–Trinajstić information content (AvgIpc) is 2.50. The van der Waals surface area contributed by atoms with Crippen molar-refractivity contribution < 1.29 is 18.3 Å². The van der Waals surface area contributed by atoms with E-state index in [2.05, 4.69) is 15.5 Å². The van der Waals surface area contributed by atoms with E-state index in [9.17, 15) is 23.1 Å². The number of nitrogens with zero attached hydrogens (tertiary/aromatic N) is 2. The lowest BCUT2D eigenvalue weighted by molar-refractivity contribution is -0.137. The van der Waals surface area contributed by atoms with Gasteiger partial charge in [-0.3, -0.25) is 15.2 Å². The van der Waals surface area contributed by atoms with Gasteiger partial charge in [-0.25, -0.2) is 0 Å². The highest BCUT2D eigenvalue weighted by atomic mass is 19.4. The molecule has 1 aromatic heterocycles. The number of aromatic nitrogens is 1. The Morgan fingerprint density at radius 1 is 1.42 bits per heavy atom. The molecule has 0 bridgehead atoms. The van der Waals surface area contributed by atoms with E-state index < -0.39 is 23.2 Å². The van der Waals surface area contributed by atoms with Crippen LogP contribution in [-0.2, 0) is 6.18 Å². The van der Waals surface area contributed by atoms with Crippen molar-refractivity contribution in [3.8, 4) is 11.9 Å². The molecule has 0 aliphatic heterocycles. The van der Waals surface area contributed by atoms with Crippen molar-refractivity contribution in [1.29, 1.82) is 5.26 Å². The first-order valence-electron chi connectivity index (χ1n) is 6.56. The molecule has 0 unspecified atom stereocenters. The summed E-state index contributed by atoms with van der Waals surface area (Å²) in [7, 11) is 0. The number of benzene rings is 1. The van der Waals surface area contributed by atoms with Crippen LogP contribution in [0.25, 0.3) is 0 Å². The van der Waals surface area contributed by atoms with Gasteiger partial charge >= 0.3 is 6.18 Å². The summed E-state index contributed by atoms with van der Waals surface area (Å²) >= 11 is 0. The van der Waals surface area contributed by atoms with Gasteiger partial charge in [0.15, 0.2) is 0 Å². The third kappa shape index (κ3) is 3.55. The van der Waals surface area contributed by atoms with Crippen molar-refractivity contribution in [1.82, 2.24) is 4.98 Å². The largest absolute Gasteiger partial charge is 0.494 e. The molecule has 0 amide bonds. The average molecular weight is 336 g/mol. The predicted molar refractivity (Wildman–Crippen MR) is 80.8 cm³/mol. The second kappa shape index (κ2) is 6.45. The number of nitriles is 1. The van der Waals surface area contributed by atoms with Crippen molar-refractivity contribution in [2.45, 2.75) is 13.1 Å². The number of nitrogens with one attached hydrogen (secondary N) is 2. The Morgan fingerprint density at radius 2 is 2.12 bits per heavy atom. The summed E-state index contributed by atoms with van der Waals surface area (Å²) in [5.74, 6) is -0.494. The molecule has 0 fully saturated rings. The highest BCUT2D eigenvalue weighted by Gasteiger charge is 2.30. The first kappa shape index (κ1) is 17.1. The molecule has 24 heavy (non-hydrogen) atoms. The predicted octanol–water partition coefficient (Wildman–Crippen LogP) is 2.73. The van der Waals surface area contributed by atoms with E-state index >= 15 is 0 Å². The Hall–Kier alpha value is -3.28. The van der Waals surface area contributed by atoms with Crippen LogP contribution in [0, 0.1) is 18.3 Å². The zero-order chi connectivity index (χ0) is 17.9. The molecule has 0 radical (unpaired) electrons. The van der Waals surface area contributed by atoms with Crippen LogP contribution in [0.4, 0.5) is 18.9 Å². The van der Waals surface area contributed by atoms with Crippen LogP contribution in [0.3, 0.4) is 0 Å². The van der Waals surface area contributed by atoms with Crippen LogP contribution in [0.2, 0.25) is 0 Å². The van der Waals surface area contributed by atoms with Gasteiger partial charge in [0.2, 0.25) is 5.88 Å². The molecule has 9 heteroatoms. The Morgan fingerprint density at radius 3 is 2.75 bits per heavy atom. The first-order chi connectivity index (χ1) is 11.2. The Kier molecular flexibility index (Phi) is 4.59. The smallest absolute Gasteiger partial charge is 0.416 e. The molecule has 1 heterocycles. The van der Waals surface area contributed by atoms with E-state index in [1.807, 2.05) is 0 Å². The number of aromatic hydroxyl groups is 1. The highest BCUT2D eigenvalue weighted by Crippen LogP contribution is 2.30. The summed E-state index contributed by atoms with van der Waals surface area (Å²) in [6.07, 6.45) is -3.38. The van der Waals surface area contributed by atoms with Crippen LogP contribution in [-0.4, -0.2) is 16.3 Å². The first-order valence-corrected chi connectivity index (χ1v) is 6.56. The highest BCUT2D eigenvalue weighted by molar-refractivity contribution is 5.85. The normalized spacial score (nSPS) is 11.5. The summed E-state index contributed by atoms with van der Waals surface area (Å²) in [6.45, 7) is 1.44. The Bertz CT molecular complexity index is 895. The zero-order valence-electron chi connectivity index (χ0n) is 12.3. The van der Waals surface area contributed by atoms with Gasteiger partial charge in [-0.1, -0.05) is 6.07 Å². The van der Waals surface area contributed by atoms with Crippen molar-refractivity contribution in [3.05, 3.63) is 56.9 Å². The lowest BCUT2D eigenvalue weighted by Crippen LogP contribution is -2.14. The fraction of sp³-hybridized carbons (Fsp3) is 0.133. The minimum atomic E-state index is -4.48. The monoisotopic (exact) mass is 336 g/mol. The van der Waals surface area contributed by atoms with Gasteiger partial charge in [-0.2, -0.15) is 23.5 Å². The maximum Gasteiger partial charge on any atom is 0.416 e. The van der Waals surface area contributed by atoms with E-state index in [1.165, 1.54) is 19.1 Å². The molecule has 2 rings (SSSR count). The number of H-pyrrole nitrogens is 1. The number of pyridine rings is 1. The molecule has 0 atom stereocenters. The summed E-state index contributed by atoms with van der Waals surface area (Å²) in [5, 5.41) is 22.3. The number of hydrogen-bond acceptors (Lipinski definition) is 5. The lowest BCUT2D eigenvalue weighted by atomic mass is 10.1. The molecule has 0 saturated carbocycles. The standard InChI is InChI=1S/C15H11F3N4O2/c1-8-11(6-19)13(23)21-14(24)12(8)7-20-22-10-4-2-3-9(5-10)15(16,17)18/h2-5,7,22H,1H3,(H2,21,23,24)/b20-7+. The maximum atomic E-state index is 12.6. The lowest BCUT2D eigenvalue weighted by Gasteiger charge is -2.08. The fourth-order valence-electron chi connectivity index (χ4n) is 1.95. The molecule has 124 valence electrons. The minimum Gasteiger partial charge on any atom is -0.494 e. The summed E-state index contributed by atoms with van der Waals surface area (Å²) in [4.78, 5) is 13.6. The molecule has 0 saturated heterocycles. The number of alkyl halides is 3. The SMILES string of the molecule is Cc1c(/C=N/Nc2cccc(C(F)(F)F)c2)c(O)[nH]c(=O)c1C#N. The van der Waals surface area contributed by atoms with E-state index in [0.29, 0.717) is 0 Å². The second-order valence-corrected chi connectivity index (χ2v) is 4.78. The van der Waals surface area contributed by atoms with Gasteiger partial charge in [-0.15, -0.1) is 0 Å². The molecule has 3 N–H and O–H groups in total. The molecule has 1 aromatic carbocycles. The van der Waals surface area contributed by atoms with Crippen LogP contribution in [0.15, 0.2) is 34.2 Å². The van der Waals surface area contributed by atoms with Crippen LogP contribution < -0.4 is 11.0 Å². The minimum absolute atomic E-state index is 0.0747. The Labute approximate surface area is 133 Å². The molecular weight excluding hydrogens is 325 g/mol. The summed E-state index contributed by atoms with van der Waals surface area (Å²) in [6, 6.07) is 6.10. The van der Waals surface area contributed by atoms with Crippen molar-refractivity contribution in [2.24, 2.45) is 5.10 Å². The number of rotatable bonds is 3. The zero-order valence-corrected chi connectivity index (χ0v) is 12.3. The van der Waals surface area contributed by atoms with Gasteiger partial charge in [0, 0.05) is 0 Å². The number of hydrazone groups is 1. The Balaban J connectivity index is 2.28. The summed E-state index contributed by atoms with van der Waals surface area (Å²) in [5.41, 5.74) is 0.996. The van der Waals surface area contributed by atoms with Gasteiger partial charge < -0.3 is 5.11 Å². The van der Waals surface area contributed by atoms with Gasteiger partial charge in [0.1, 0.15) is 11.6 Å². The van der Waals surface area contributed by atoms with Crippen molar-refractivity contribution in [2.75, 3.05) is 5.43 Å². The third-order valence-corrected chi connectivity index (χ3v) is 3.18.